The summed E-state index contributed by atoms with van der Waals surface area (Å²) in [6.07, 6.45) is 5.31. The van der Waals surface area contributed by atoms with Gasteiger partial charge in [-0.15, -0.1) is 0 Å². The quantitative estimate of drug-likeness (QED) is 0.391. The number of nitrogens with zero attached hydrogens (tertiary/aromatic N) is 2. The molecule has 0 atom stereocenters. The number of unbranched alkanes of at least 4 members (excludes halogenated alkanes) is 1. The number of rotatable bonds is 7. The molecular weight excluding hydrogens is 227 g/mol. The monoisotopic (exact) mass is 244 g/mol. The van der Waals surface area contributed by atoms with Crippen molar-refractivity contribution >= 4 is 5.97 Å². The molecule has 1 aromatic rings. The van der Waals surface area contributed by atoms with Gasteiger partial charge < -0.3 is 14.8 Å². The van der Waals surface area contributed by atoms with Gasteiger partial charge in [0.1, 0.15) is 0 Å². The van der Waals surface area contributed by atoms with Gasteiger partial charge in [-0.2, -0.15) is 0 Å². The van der Waals surface area contributed by atoms with Crippen LogP contribution in [-0.2, 0) is 11.3 Å². The fourth-order valence-electron chi connectivity index (χ4n) is 1.53. The maximum Gasteiger partial charge on any atom is 1.00 e. The van der Waals surface area contributed by atoms with E-state index in [1.54, 1.807) is 6.20 Å². The number of pyridine rings is 1. The van der Waals surface area contributed by atoms with Crippen LogP contribution in [0.2, 0.25) is 0 Å². The van der Waals surface area contributed by atoms with Gasteiger partial charge in [0.15, 0.2) is 0 Å². The number of aromatic nitrogens is 1. The van der Waals surface area contributed by atoms with Crippen molar-refractivity contribution in [3.8, 4) is 0 Å². The summed E-state index contributed by atoms with van der Waals surface area (Å²) in [6.45, 7) is 1.74. The summed E-state index contributed by atoms with van der Waals surface area (Å²) in [4.78, 5) is 16.4. The van der Waals surface area contributed by atoms with Crippen molar-refractivity contribution < 1.29 is 39.5 Å². The fraction of sp³-hybridized carbons (Fsp3) is 0.500. The van der Waals surface area contributed by atoms with Crippen LogP contribution in [0.5, 0.6) is 0 Å². The Balaban J connectivity index is 0.00000256. The SMILES string of the molecule is CN(CCCCC(=O)[O-])Cc1cccnc1.[Na+]. The van der Waals surface area contributed by atoms with Crippen LogP contribution in [0.1, 0.15) is 24.8 Å². The van der Waals surface area contributed by atoms with Crippen molar-refractivity contribution in [3.05, 3.63) is 30.1 Å². The van der Waals surface area contributed by atoms with Crippen LogP contribution < -0.4 is 34.7 Å². The Labute approximate surface area is 124 Å². The van der Waals surface area contributed by atoms with E-state index >= 15 is 0 Å². The van der Waals surface area contributed by atoms with Gasteiger partial charge >= 0.3 is 29.6 Å². The number of hydrogen-bond donors (Lipinski definition) is 0. The molecule has 17 heavy (non-hydrogen) atoms. The van der Waals surface area contributed by atoms with Crippen LogP contribution in [0.25, 0.3) is 0 Å². The Morgan fingerprint density at radius 3 is 2.82 bits per heavy atom. The molecule has 0 fully saturated rings. The van der Waals surface area contributed by atoms with Gasteiger partial charge in [0.2, 0.25) is 0 Å². The maximum atomic E-state index is 10.2. The zero-order valence-corrected chi connectivity index (χ0v) is 12.6. The fourth-order valence-corrected chi connectivity index (χ4v) is 1.53. The second-order valence-corrected chi connectivity index (χ2v) is 3.93. The molecule has 0 unspecified atom stereocenters. The summed E-state index contributed by atoms with van der Waals surface area (Å²) in [5, 5.41) is 10.2. The first kappa shape index (κ1) is 16.6. The van der Waals surface area contributed by atoms with Gasteiger partial charge in [-0.3, -0.25) is 4.98 Å². The molecule has 0 aliphatic heterocycles. The molecule has 1 aromatic heterocycles. The van der Waals surface area contributed by atoms with E-state index in [2.05, 4.69) is 9.88 Å². The molecular formula is C12H17N2NaO2. The summed E-state index contributed by atoms with van der Waals surface area (Å²) in [5.74, 6) is -0.963. The van der Waals surface area contributed by atoms with Crippen LogP contribution >= 0.6 is 0 Å². The number of aliphatic carboxylic acids is 1. The van der Waals surface area contributed by atoms with Gasteiger partial charge in [0.05, 0.1) is 0 Å². The third-order valence-corrected chi connectivity index (χ3v) is 2.35. The second-order valence-electron chi connectivity index (χ2n) is 3.93. The summed E-state index contributed by atoms with van der Waals surface area (Å²) >= 11 is 0. The van der Waals surface area contributed by atoms with Crippen molar-refractivity contribution in [2.75, 3.05) is 13.6 Å². The third kappa shape index (κ3) is 8.32. The standard InChI is InChI=1S/C12H18N2O2.Na/c1-14(8-3-2-6-12(15)16)10-11-5-4-7-13-9-11;/h4-5,7,9H,2-3,6,8,10H2,1H3,(H,15,16);/q;+1/p-1. The number of carboxylic acids is 1. The van der Waals surface area contributed by atoms with Crippen LogP contribution in [0.3, 0.4) is 0 Å². The van der Waals surface area contributed by atoms with Crippen molar-refractivity contribution in [1.29, 1.82) is 0 Å². The molecule has 0 N–H and O–H groups in total. The minimum Gasteiger partial charge on any atom is -0.550 e. The number of carbonyl (C=O) groups is 1. The second kappa shape index (κ2) is 9.59. The van der Waals surface area contributed by atoms with Crippen LogP contribution in [0, 0.1) is 0 Å². The van der Waals surface area contributed by atoms with E-state index in [4.69, 9.17) is 0 Å². The van der Waals surface area contributed by atoms with E-state index in [1.807, 2.05) is 25.4 Å². The van der Waals surface area contributed by atoms with Gasteiger partial charge in [-0.1, -0.05) is 6.07 Å². The zero-order valence-electron chi connectivity index (χ0n) is 10.6. The summed E-state index contributed by atoms with van der Waals surface area (Å²) in [7, 11) is 2.02. The molecule has 0 saturated carbocycles. The van der Waals surface area contributed by atoms with E-state index in [0.717, 1.165) is 19.5 Å². The van der Waals surface area contributed by atoms with Gasteiger partial charge in [-0.25, -0.2) is 0 Å². The Morgan fingerprint density at radius 2 is 2.24 bits per heavy atom. The van der Waals surface area contributed by atoms with Crippen LogP contribution in [0.4, 0.5) is 0 Å². The molecule has 0 bridgehead atoms. The van der Waals surface area contributed by atoms with Crippen LogP contribution in [0.15, 0.2) is 24.5 Å². The minimum absolute atomic E-state index is 0. The average molecular weight is 244 g/mol. The van der Waals surface area contributed by atoms with Crippen molar-refractivity contribution in [1.82, 2.24) is 9.88 Å². The molecule has 1 rings (SSSR count). The van der Waals surface area contributed by atoms with Crippen molar-refractivity contribution in [2.24, 2.45) is 0 Å². The van der Waals surface area contributed by atoms with Gasteiger partial charge in [0.25, 0.3) is 0 Å². The van der Waals surface area contributed by atoms with E-state index in [0.29, 0.717) is 6.42 Å². The molecule has 1 heterocycles. The first-order valence-electron chi connectivity index (χ1n) is 5.46. The van der Waals surface area contributed by atoms with Crippen molar-refractivity contribution in [3.63, 3.8) is 0 Å². The zero-order chi connectivity index (χ0) is 11.8. The summed E-state index contributed by atoms with van der Waals surface area (Å²) in [6, 6.07) is 3.95. The topological polar surface area (TPSA) is 56.3 Å². The first-order chi connectivity index (χ1) is 7.68. The van der Waals surface area contributed by atoms with Gasteiger partial charge in [0, 0.05) is 24.9 Å². The molecule has 0 amide bonds. The minimum atomic E-state index is -0.963. The van der Waals surface area contributed by atoms with E-state index in [-0.39, 0.29) is 36.0 Å². The van der Waals surface area contributed by atoms with Crippen molar-refractivity contribution in [2.45, 2.75) is 25.8 Å². The normalized spacial score (nSPS) is 10.0. The third-order valence-electron chi connectivity index (χ3n) is 2.35. The molecule has 0 aliphatic carbocycles. The molecule has 0 radical (unpaired) electrons. The molecule has 0 aliphatic rings. The number of hydrogen-bond acceptors (Lipinski definition) is 4. The molecule has 5 heteroatoms. The molecule has 4 nitrogen and oxygen atoms in total. The maximum absolute atomic E-state index is 10.2. The van der Waals surface area contributed by atoms with E-state index < -0.39 is 5.97 Å². The molecule has 88 valence electrons. The van der Waals surface area contributed by atoms with Gasteiger partial charge in [-0.05, 0) is 44.5 Å². The number of carboxylic acid groups (broad SMARTS) is 1. The molecule has 0 saturated heterocycles. The summed E-state index contributed by atoms with van der Waals surface area (Å²) < 4.78 is 0. The largest absolute Gasteiger partial charge is 1.00 e. The Hall–Kier alpha value is -0.420. The Morgan fingerprint density at radius 1 is 1.47 bits per heavy atom. The molecule has 0 aromatic carbocycles. The smallest absolute Gasteiger partial charge is 0.550 e. The van der Waals surface area contributed by atoms with E-state index in [1.165, 1.54) is 5.56 Å². The Bertz CT molecular complexity index is 320. The predicted octanol–water partition coefficient (Wildman–Crippen LogP) is -2.56. The average Bonchev–Trinajstić information content (AvgIpc) is 2.25. The first-order valence-corrected chi connectivity index (χ1v) is 5.46. The van der Waals surface area contributed by atoms with Crippen LogP contribution in [-0.4, -0.2) is 29.4 Å². The predicted molar refractivity (Wildman–Crippen MR) is 59.4 cm³/mol. The number of carbonyl (C=O) groups excluding carboxylic acids is 1. The van der Waals surface area contributed by atoms with E-state index in [9.17, 15) is 9.90 Å². The Kier molecular flexibility index (Phi) is 9.36. The summed E-state index contributed by atoms with van der Waals surface area (Å²) in [5.41, 5.74) is 1.17. The molecule has 0 spiro atoms.